The molecule has 3 amide bonds. The third kappa shape index (κ3) is 5.59. The van der Waals surface area contributed by atoms with E-state index < -0.39 is 0 Å². The number of hydrogen-bond donors (Lipinski definition) is 2. The summed E-state index contributed by atoms with van der Waals surface area (Å²) in [4.78, 5) is 27.0. The van der Waals surface area contributed by atoms with E-state index in [-0.39, 0.29) is 29.9 Å². The first kappa shape index (κ1) is 20.9. The van der Waals surface area contributed by atoms with Crippen LogP contribution in [0, 0.1) is 0 Å². The van der Waals surface area contributed by atoms with Gasteiger partial charge in [-0.3, -0.25) is 4.79 Å². The van der Waals surface area contributed by atoms with E-state index in [1.807, 2.05) is 74.2 Å². The van der Waals surface area contributed by atoms with E-state index in [4.69, 9.17) is 0 Å². The minimum Gasteiger partial charge on any atom is -0.346 e. The number of piperidine rings is 1. The molecule has 1 fully saturated rings. The maximum absolute atomic E-state index is 12.8. The van der Waals surface area contributed by atoms with Crippen LogP contribution in [-0.2, 0) is 0 Å². The normalized spacial score (nSPS) is 17.7. The Morgan fingerprint density at radius 2 is 1.76 bits per heavy atom. The van der Waals surface area contributed by atoms with Gasteiger partial charge in [-0.05, 0) is 56.9 Å². The van der Waals surface area contributed by atoms with E-state index in [0.29, 0.717) is 12.1 Å². The molecule has 2 atom stereocenters. The molecule has 5 nitrogen and oxygen atoms in total. The van der Waals surface area contributed by atoms with Crippen molar-refractivity contribution in [3.8, 4) is 0 Å². The van der Waals surface area contributed by atoms with Crippen LogP contribution in [0.3, 0.4) is 0 Å². The molecule has 3 rings (SSSR count). The van der Waals surface area contributed by atoms with Crippen molar-refractivity contribution in [1.82, 2.24) is 15.5 Å². The zero-order valence-electron chi connectivity index (χ0n) is 17.5. The Kier molecular flexibility index (Phi) is 6.91. The Balaban J connectivity index is 1.67. The molecule has 2 N–H and O–H groups in total. The van der Waals surface area contributed by atoms with Crippen LogP contribution in [0.2, 0.25) is 0 Å². The Labute approximate surface area is 173 Å². The molecule has 5 heteroatoms. The average molecular weight is 394 g/mol. The Morgan fingerprint density at radius 3 is 2.48 bits per heavy atom. The molecular formula is C24H31N3O2. The molecule has 0 saturated carbocycles. The van der Waals surface area contributed by atoms with E-state index in [0.717, 1.165) is 30.5 Å². The molecule has 2 aromatic rings. The molecule has 2 aromatic carbocycles. The van der Waals surface area contributed by atoms with Crippen LogP contribution in [0.5, 0.6) is 0 Å². The van der Waals surface area contributed by atoms with Crippen LogP contribution in [0.15, 0.2) is 54.6 Å². The highest BCUT2D eigenvalue weighted by Gasteiger charge is 2.25. The Bertz CT molecular complexity index is 835. The van der Waals surface area contributed by atoms with E-state index in [2.05, 4.69) is 16.7 Å². The molecule has 154 valence electrons. The summed E-state index contributed by atoms with van der Waals surface area (Å²) in [5, 5.41) is 6.05. The lowest BCUT2D eigenvalue weighted by atomic mass is 9.89. The van der Waals surface area contributed by atoms with Crippen molar-refractivity contribution >= 4 is 11.9 Å². The third-order valence-electron chi connectivity index (χ3n) is 5.39. The molecule has 0 aromatic heterocycles. The summed E-state index contributed by atoms with van der Waals surface area (Å²) in [6.45, 7) is 7.40. The number of nitrogens with zero attached hydrogens (tertiary/aromatic N) is 1. The molecule has 0 spiro atoms. The van der Waals surface area contributed by atoms with E-state index >= 15 is 0 Å². The lowest BCUT2D eigenvalue weighted by Crippen LogP contribution is -2.47. The summed E-state index contributed by atoms with van der Waals surface area (Å²) in [5.74, 6) is 0.175. The lowest BCUT2D eigenvalue weighted by Gasteiger charge is -2.33. The number of nitrogens with one attached hydrogen (secondary N) is 2. The van der Waals surface area contributed by atoms with Crippen LogP contribution < -0.4 is 10.6 Å². The number of carbonyl (C=O) groups excluding carboxylic acids is 2. The van der Waals surface area contributed by atoms with Gasteiger partial charge in [-0.1, -0.05) is 42.5 Å². The first-order chi connectivity index (χ1) is 13.9. The first-order valence-electron chi connectivity index (χ1n) is 10.4. The third-order valence-corrected chi connectivity index (χ3v) is 5.39. The molecule has 1 saturated heterocycles. The maximum atomic E-state index is 12.8. The molecule has 0 bridgehead atoms. The molecule has 1 heterocycles. The highest BCUT2D eigenvalue weighted by molar-refractivity contribution is 5.94. The zero-order valence-corrected chi connectivity index (χ0v) is 17.5. The predicted molar refractivity (Wildman–Crippen MR) is 116 cm³/mol. The summed E-state index contributed by atoms with van der Waals surface area (Å²) in [6.07, 6.45) is 1.99. The highest BCUT2D eigenvalue weighted by atomic mass is 16.2. The zero-order chi connectivity index (χ0) is 20.8. The molecule has 0 aliphatic carbocycles. The summed E-state index contributed by atoms with van der Waals surface area (Å²) < 4.78 is 0. The number of amides is 3. The van der Waals surface area contributed by atoms with Crippen LogP contribution in [-0.4, -0.2) is 36.0 Å². The number of carbonyl (C=O) groups is 2. The van der Waals surface area contributed by atoms with Crippen LogP contribution in [0.1, 0.15) is 67.1 Å². The van der Waals surface area contributed by atoms with Gasteiger partial charge in [0, 0.05) is 30.6 Å². The first-order valence-corrected chi connectivity index (χ1v) is 10.4. The van der Waals surface area contributed by atoms with E-state index in [1.165, 1.54) is 0 Å². The average Bonchev–Trinajstić information content (AvgIpc) is 2.74. The Morgan fingerprint density at radius 1 is 1.00 bits per heavy atom. The second-order valence-corrected chi connectivity index (χ2v) is 8.12. The second-order valence-electron chi connectivity index (χ2n) is 8.12. The van der Waals surface area contributed by atoms with Crippen molar-refractivity contribution in [1.29, 1.82) is 0 Å². The van der Waals surface area contributed by atoms with Gasteiger partial charge in [-0.15, -0.1) is 0 Å². The molecule has 0 unspecified atom stereocenters. The van der Waals surface area contributed by atoms with Gasteiger partial charge in [0.15, 0.2) is 0 Å². The monoisotopic (exact) mass is 393 g/mol. The van der Waals surface area contributed by atoms with Gasteiger partial charge < -0.3 is 15.5 Å². The van der Waals surface area contributed by atoms with Gasteiger partial charge >= 0.3 is 6.03 Å². The predicted octanol–water partition coefficient (Wildman–Crippen LogP) is 4.48. The molecule has 1 aliphatic rings. The largest absolute Gasteiger partial charge is 0.346 e. The SMILES string of the molecule is CC(C)NC(=O)N1CCC[C@@H](c2cccc(C(=O)N[C@H](C)c3ccccc3)c2)C1. The molecule has 29 heavy (non-hydrogen) atoms. The Hall–Kier alpha value is -2.82. The van der Waals surface area contributed by atoms with Crippen molar-refractivity contribution in [2.45, 2.75) is 51.6 Å². The fraction of sp³-hybridized carbons (Fsp3) is 0.417. The number of urea groups is 1. The molecular weight excluding hydrogens is 362 g/mol. The number of benzene rings is 2. The van der Waals surface area contributed by atoms with E-state index in [1.54, 1.807) is 0 Å². The van der Waals surface area contributed by atoms with Gasteiger partial charge in [-0.25, -0.2) is 4.79 Å². The van der Waals surface area contributed by atoms with Crippen LogP contribution >= 0.6 is 0 Å². The summed E-state index contributed by atoms with van der Waals surface area (Å²) in [7, 11) is 0. The van der Waals surface area contributed by atoms with Crippen molar-refractivity contribution in [3.63, 3.8) is 0 Å². The van der Waals surface area contributed by atoms with Gasteiger partial charge in [0.1, 0.15) is 0 Å². The number of rotatable bonds is 5. The fourth-order valence-electron chi connectivity index (χ4n) is 3.81. The van der Waals surface area contributed by atoms with Crippen molar-refractivity contribution < 1.29 is 9.59 Å². The maximum Gasteiger partial charge on any atom is 0.317 e. The second kappa shape index (κ2) is 9.59. The lowest BCUT2D eigenvalue weighted by molar-refractivity contribution is 0.0939. The number of likely N-dealkylation sites (tertiary alicyclic amines) is 1. The van der Waals surface area contributed by atoms with Crippen LogP contribution in [0.25, 0.3) is 0 Å². The van der Waals surface area contributed by atoms with Crippen molar-refractivity contribution in [3.05, 3.63) is 71.3 Å². The van der Waals surface area contributed by atoms with Gasteiger partial charge in [0.05, 0.1) is 6.04 Å². The molecule has 0 radical (unpaired) electrons. The standard InChI is InChI=1S/C24H31N3O2/c1-17(2)25-24(29)27-14-8-13-22(16-27)20-11-7-12-21(15-20)23(28)26-18(3)19-9-5-4-6-10-19/h4-7,9-12,15,17-18,22H,8,13-14,16H2,1-3H3,(H,25,29)(H,26,28)/t18-,22-/m1/s1. The van der Waals surface area contributed by atoms with Crippen LogP contribution in [0.4, 0.5) is 4.79 Å². The van der Waals surface area contributed by atoms with Crippen molar-refractivity contribution in [2.24, 2.45) is 0 Å². The topological polar surface area (TPSA) is 61.4 Å². The van der Waals surface area contributed by atoms with E-state index in [9.17, 15) is 9.59 Å². The highest BCUT2D eigenvalue weighted by Crippen LogP contribution is 2.27. The van der Waals surface area contributed by atoms with Gasteiger partial charge in [0.25, 0.3) is 5.91 Å². The summed E-state index contributed by atoms with van der Waals surface area (Å²) >= 11 is 0. The minimum absolute atomic E-state index is 0.00437. The minimum atomic E-state index is -0.0755. The quantitative estimate of drug-likeness (QED) is 0.787. The summed E-state index contributed by atoms with van der Waals surface area (Å²) in [6, 6.07) is 17.8. The molecule has 1 aliphatic heterocycles. The summed E-state index contributed by atoms with van der Waals surface area (Å²) in [5.41, 5.74) is 2.86. The van der Waals surface area contributed by atoms with Gasteiger partial charge in [0.2, 0.25) is 0 Å². The van der Waals surface area contributed by atoms with Crippen molar-refractivity contribution in [2.75, 3.05) is 13.1 Å². The smallest absolute Gasteiger partial charge is 0.317 e. The number of hydrogen-bond acceptors (Lipinski definition) is 2. The van der Waals surface area contributed by atoms with Gasteiger partial charge in [-0.2, -0.15) is 0 Å². The fourth-order valence-corrected chi connectivity index (χ4v) is 3.81.